The molecule has 0 saturated heterocycles. The fraction of sp³-hybridized carbons (Fsp3) is 0.529. The van der Waals surface area contributed by atoms with E-state index in [0.29, 0.717) is 23.0 Å². The van der Waals surface area contributed by atoms with Gasteiger partial charge in [0.1, 0.15) is 5.75 Å². The van der Waals surface area contributed by atoms with Gasteiger partial charge in [-0.3, -0.25) is 10.1 Å². The molecule has 22 heavy (non-hydrogen) atoms. The highest BCUT2D eigenvalue weighted by Crippen LogP contribution is 2.13. The second kappa shape index (κ2) is 10.2. The number of rotatable bonds is 8. The van der Waals surface area contributed by atoms with Gasteiger partial charge in [-0.15, -0.1) is 0 Å². The Morgan fingerprint density at radius 2 is 1.86 bits per heavy atom. The molecule has 1 N–H and O–H groups in total. The number of thiocarbonyl (C=S) groups is 1. The normalized spacial score (nSPS) is 10.1. The minimum absolute atomic E-state index is 0.191. The second-order valence-corrected chi connectivity index (χ2v) is 5.51. The highest BCUT2D eigenvalue weighted by molar-refractivity contribution is 7.80. The Morgan fingerprint density at radius 1 is 1.18 bits per heavy atom. The number of benzene rings is 1. The molecule has 1 amide bonds. The number of ether oxygens (including phenoxy) is 1. The zero-order valence-electron chi connectivity index (χ0n) is 13.7. The smallest absolute Gasteiger partial charge is 0.257 e. The van der Waals surface area contributed by atoms with Gasteiger partial charge in [0.25, 0.3) is 5.91 Å². The van der Waals surface area contributed by atoms with Crippen LogP contribution in [0.25, 0.3) is 0 Å². The van der Waals surface area contributed by atoms with Crippen LogP contribution in [0.5, 0.6) is 5.75 Å². The minimum Gasteiger partial charge on any atom is -0.494 e. The average molecular weight is 322 g/mol. The van der Waals surface area contributed by atoms with Gasteiger partial charge in [-0.05, 0) is 49.7 Å². The van der Waals surface area contributed by atoms with E-state index in [-0.39, 0.29) is 5.91 Å². The molecule has 5 heteroatoms. The van der Waals surface area contributed by atoms with Crippen LogP contribution in [0.1, 0.15) is 50.4 Å². The summed E-state index contributed by atoms with van der Waals surface area (Å²) < 4.78 is 5.55. The molecule has 0 saturated carbocycles. The van der Waals surface area contributed by atoms with E-state index in [4.69, 9.17) is 17.0 Å². The van der Waals surface area contributed by atoms with Crippen LogP contribution in [0.4, 0.5) is 0 Å². The van der Waals surface area contributed by atoms with Crippen LogP contribution in [0.15, 0.2) is 24.3 Å². The first-order chi connectivity index (χ1) is 10.6. The van der Waals surface area contributed by atoms with E-state index in [2.05, 4.69) is 19.2 Å². The Kier molecular flexibility index (Phi) is 8.51. The standard InChI is InChI=1S/C17H26N2O2S/c1-4-10-19(11-5-2)17(22)18-16(20)14-8-7-9-15(13-14)21-12-6-3/h7-9,13H,4-6,10-12H2,1-3H3,(H,18,20,22). The Hall–Kier alpha value is -1.62. The van der Waals surface area contributed by atoms with Crippen LogP contribution < -0.4 is 10.1 Å². The minimum atomic E-state index is -0.191. The maximum absolute atomic E-state index is 12.3. The number of hydrogen-bond acceptors (Lipinski definition) is 3. The van der Waals surface area contributed by atoms with Gasteiger partial charge < -0.3 is 9.64 Å². The number of hydrogen-bond donors (Lipinski definition) is 1. The van der Waals surface area contributed by atoms with Crippen LogP contribution in [0.3, 0.4) is 0 Å². The molecule has 1 aromatic rings. The van der Waals surface area contributed by atoms with E-state index in [1.54, 1.807) is 12.1 Å². The van der Waals surface area contributed by atoms with E-state index in [0.717, 1.165) is 32.4 Å². The lowest BCUT2D eigenvalue weighted by atomic mass is 10.2. The summed E-state index contributed by atoms with van der Waals surface area (Å²) in [7, 11) is 0. The molecular weight excluding hydrogens is 296 g/mol. The molecule has 0 radical (unpaired) electrons. The predicted molar refractivity (Wildman–Crippen MR) is 94.4 cm³/mol. The molecule has 0 aromatic heterocycles. The summed E-state index contributed by atoms with van der Waals surface area (Å²) in [6, 6.07) is 7.18. The lowest BCUT2D eigenvalue weighted by molar-refractivity contribution is 0.0972. The van der Waals surface area contributed by atoms with Crippen LogP contribution in [-0.4, -0.2) is 35.6 Å². The first-order valence-corrected chi connectivity index (χ1v) is 8.36. The van der Waals surface area contributed by atoms with E-state index in [1.165, 1.54) is 0 Å². The molecule has 1 aromatic carbocycles. The van der Waals surface area contributed by atoms with Gasteiger partial charge in [-0.1, -0.05) is 26.8 Å². The number of nitrogens with zero attached hydrogens (tertiary/aromatic N) is 1. The molecule has 1 rings (SSSR count). The quantitative estimate of drug-likeness (QED) is 0.742. The van der Waals surface area contributed by atoms with Crippen molar-refractivity contribution in [3.05, 3.63) is 29.8 Å². The molecule has 0 atom stereocenters. The lowest BCUT2D eigenvalue weighted by Gasteiger charge is -2.24. The Bertz CT molecular complexity index is 485. The summed E-state index contributed by atoms with van der Waals surface area (Å²) in [4.78, 5) is 14.3. The summed E-state index contributed by atoms with van der Waals surface area (Å²) >= 11 is 5.35. The fourth-order valence-corrected chi connectivity index (χ4v) is 2.33. The van der Waals surface area contributed by atoms with Crippen molar-refractivity contribution in [2.24, 2.45) is 0 Å². The first kappa shape index (κ1) is 18.4. The molecule has 0 heterocycles. The number of carbonyl (C=O) groups is 1. The van der Waals surface area contributed by atoms with Gasteiger partial charge in [-0.2, -0.15) is 0 Å². The highest BCUT2D eigenvalue weighted by atomic mass is 32.1. The van der Waals surface area contributed by atoms with Crippen molar-refractivity contribution in [3.8, 4) is 5.75 Å². The van der Waals surface area contributed by atoms with Crippen LogP contribution in [0.2, 0.25) is 0 Å². The summed E-state index contributed by atoms with van der Waals surface area (Å²) in [6.45, 7) is 8.60. The predicted octanol–water partition coefficient (Wildman–Crippen LogP) is 3.61. The van der Waals surface area contributed by atoms with Crippen molar-refractivity contribution in [3.63, 3.8) is 0 Å². The third-order valence-electron chi connectivity index (χ3n) is 3.06. The monoisotopic (exact) mass is 322 g/mol. The molecule has 0 bridgehead atoms. The molecule has 122 valence electrons. The summed E-state index contributed by atoms with van der Waals surface area (Å²) in [5.74, 6) is 0.517. The molecule has 0 fully saturated rings. The number of carbonyl (C=O) groups excluding carboxylic acids is 1. The summed E-state index contributed by atoms with van der Waals surface area (Å²) in [6.07, 6.45) is 2.93. The zero-order valence-corrected chi connectivity index (χ0v) is 14.5. The Labute approximate surface area is 138 Å². The van der Waals surface area contributed by atoms with Gasteiger partial charge in [0.05, 0.1) is 6.61 Å². The van der Waals surface area contributed by atoms with Gasteiger partial charge in [-0.25, -0.2) is 0 Å². The van der Waals surface area contributed by atoms with E-state index in [1.807, 2.05) is 24.0 Å². The largest absolute Gasteiger partial charge is 0.494 e. The van der Waals surface area contributed by atoms with Crippen LogP contribution in [-0.2, 0) is 0 Å². The van der Waals surface area contributed by atoms with E-state index in [9.17, 15) is 4.79 Å². The van der Waals surface area contributed by atoms with Crippen molar-refractivity contribution in [2.75, 3.05) is 19.7 Å². The highest BCUT2D eigenvalue weighted by Gasteiger charge is 2.13. The Morgan fingerprint density at radius 3 is 2.45 bits per heavy atom. The number of amides is 1. The van der Waals surface area contributed by atoms with Crippen molar-refractivity contribution < 1.29 is 9.53 Å². The van der Waals surface area contributed by atoms with Crippen molar-refractivity contribution in [1.29, 1.82) is 0 Å². The third-order valence-corrected chi connectivity index (χ3v) is 3.42. The van der Waals surface area contributed by atoms with E-state index < -0.39 is 0 Å². The topological polar surface area (TPSA) is 41.6 Å². The molecular formula is C17H26N2O2S. The molecule has 4 nitrogen and oxygen atoms in total. The van der Waals surface area contributed by atoms with Crippen molar-refractivity contribution in [1.82, 2.24) is 10.2 Å². The molecule has 0 aliphatic rings. The third kappa shape index (κ3) is 6.02. The maximum Gasteiger partial charge on any atom is 0.257 e. The zero-order chi connectivity index (χ0) is 16.4. The first-order valence-electron chi connectivity index (χ1n) is 7.95. The van der Waals surface area contributed by atoms with Crippen molar-refractivity contribution >= 4 is 23.2 Å². The van der Waals surface area contributed by atoms with Gasteiger partial charge in [0.2, 0.25) is 0 Å². The summed E-state index contributed by atoms with van der Waals surface area (Å²) in [5, 5.41) is 3.31. The fourth-order valence-electron chi connectivity index (χ4n) is 2.05. The lowest BCUT2D eigenvalue weighted by Crippen LogP contribution is -2.43. The molecule has 0 aliphatic heterocycles. The van der Waals surface area contributed by atoms with Crippen LogP contribution >= 0.6 is 12.2 Å². The molecule has 0 unspecified atom stereocenters. The van der Waals surface area contributed by atoms with Gasteiger partial charge in [0, 0.05) is 18.7 Å². The van der Waals surface area contributed by atoms with Crippen molar-refractivity contribution in [2.45, 2.75) is 40.0 Å². The maximum atomic E-state index is 12.3. The van der Waals surface area contributed by atoms with Crippen LogP contribution in [0, 0.1) is 0 Å². The van der Waals surface area contributed by atoms with E-state index >= 15 is 0 Å². The Balaban J connectivity index is 2.68. The van der Waals surface area contributed by atoms with Gasteiger partial charge >= 0.3 is 0 Å². The molecule has 0 aliphatic carbocycles. The summed E-state index contributed by atoms with van der Waals surface area (Å²) in [5.41, 5.74) is 0.559. The van der Waals surface area contributed by atoms with Gasteiger partial charge in [0.15, 0.2) is 5.11 Å². The number of nitrogens with one attached hydrogen (secondary N) is 1. The second-order valence-electron chi connectivity index (χ2n) is 5.12. The molecule has 0 spiro atoms. The SMILES string of the molecule is CCCOc1cccc(C(=O)NC(=S)N(CCC)CCC)c1. The average Bonchev–Trinajstić information content (AvgIpc) is 2.52.